The summed E-state index contributed by atoms with van der Waals surface area (Å²) in [4.78, 5) is 10.2. The van der Waals surface area contributed by atoms with Crippen molar-refractivity contribution in [2.45, 2.75) is 32.7 Å². The van der Waals surface area contributed by atoms with E-state index in [0.29, 0.717) is 5.92 Å². The van der Waals surface area contributed by atoms with Crippen molar-refractivity contribution in [1.82, 2.24) is 0 Å². The van der Waals surface area contributed by atoms with Crippen LogP contribution in [0.25, 0.3) is 0 Å². The van der Waals surface area contributed by atoms with Gasteiger partial charge in [0.25, 0.3) is 0 Å². The van der Waals surface area contributed by atoms with Crippen molar-refractivity contribution in [3.63, 3.8) is 0 Å². The number of nitrogens with two attached hydrogens (primary N) is 1. The summed E-state index contributed by atoms with van der Waals surface area (Å²) in [5, 5.41) is 8.35. The molecular weight excluding hydrogens is 130 g/mol. The largest absolute Gasteiger partial charge is 0.481 e. The molecule has 1 unspecified atom stereocenters. The van der Waals surface area contributed by atoms with E-state index in [1.807, 2.05) is 13.8 Å². The normalized spacial score (nSPS) is 16.3. The third-order valence-corrected chi connectivity index (χ3v) is 1.79. The molecule has 0 radical (unpaired) electrons. The van der Waals surface area contributed by atoms with Crippen LogP contribution in [-0.2, 0) is 4.79 Å². The Morgan fingerprint density at radius 2 is 2.20 bits per heavy atom. The Hall–Kier alpha value is -0.570. The lowest BCUT2D eigenvalue weighted by molar-refractivity contribution is -0.137. The zero-order valence-corrected chi connectivity index (χ0v) is 6.50. The van der Waals surface area contributed by atoms with Gasteiger partial charge in [0.15, 0.2) is 0 Å². The quantitative estimate of drug-likeness (QED) is 0.616. The standard InChI is InChI=1S/C7H15NO2/c1-3-5(2)6(8)4-7(9)10/h5-6H,3-4,8H2,1-2H3,(H,9,10)/t5?,6-/m0/s1. The molecule has 60 valence electrons. The summed E-state index contributed by atoms with van der Waals surface area (Å²) in [5.74, 6) is -0.510. The summed E-state index contributed by atoms with van der Waals surface area (Å²) in [6.07, 6.45) is 1.02. The minimum Gasteiger partial charge on any atom is -0.481 e. The van der Waals surface area contributed by atoms with Crippen LogP contribution < -0.4 is 5.73 Å². The van der Waals surface area contributed by atoms with Crippen LogP contribution in [0.4, 0.5) is 0 Å². The summed E-state index contributed by atoms with van der Waals surface area (Å²) in [6, 6.07) is -0.192. The van der Waals surface area contributed by atoms with E-state index >= 15 is 0 Å². The predicted octanol–water partition coefficient (Wildman–Crippen LogP) is 0.835. The molecule has 0 spiro atoms. The topological polar surface area (TPSA) is 63.3 Å². The molecule has 0 rings (SSSR count). The van der Waals surface area contributed by atoms with Gasteiger partial charge in [-0.2, -0.15) is 0 Å². The van der Waals surface area contributed by atoms with E-state index in [4.69, 9.17) is 10.8 Å². The first kappa shape index (κ1) is 9.43. The molecule has 0 saturated carbocycles. The number of carboxylic acid groups (broad SMARTS) is 1. The van der Waals surface area contributed by atoms with Gasteiger partial charge in [0.2, 0.25) is 0 Å². The van der Waals surface area contributed by atoms with E-state index in [1.54, 1.807) is 0 Å². The first-order chi connectivity index (χ1) is 4.57. The molecule has 10 heavy (non-hydrogen) atoms. The van der Waals surface area contributed by atoms with Crippen LogP contribution in [0.2, 0.25) is 0 Å². The van der Waals surface area contributed by atoms with E-state index in [9.17, 15) is 4.79 Å². The van der Waals surface area contributed by atoms with Crippen molar-refractivity contribution in [2.75, 3.05) is 0 Å². The Kier molecular flexibility index (Phi) is 4.03. The molecule has 0 heterocycles. The van der Waals surface area contributed by atoms with E-state index in [0.717, 1.165) is 6.42 Å². The van der Waals surface area contributed by atoms with Crippen LogP contribution in [0.5, 0.6) is 0 Å². The third-order valence-electron chi connectivity index (χ3n) is 1.79. The van der Waals surface area contributed by atoms with Crippen molar-refractivity contribution >= 4 is 5.97 Å². The zero-order valence-electron chi connectivity index (χ0n) is 6.50. The van der Waals surface area contributed by atoms with Gasteiger partial charge >= 0.3 is 5.97 Å². The summed E-state index contributed by atoms with van der Waals surface area (Å²) < 4.78 is 0. The van der Waals surface area contributed by atoms with Crippen molar-refractivity contribution < 1.29 is 9.90 Å². The van der Waals surface area contributed by atoms with E-state index < -0.39 is 5.97 Å². The number of hydrogen-bond donors (Lipinski definition) is 2. The second-order valence-corrected chi connectivity index (χ2v) is 2.65. The van der Waals surface area contributed by atoms with Gasteiger partial charge in [-0.3, -0.25) is 4.79 Å². The number of carboxylic acids is 1. The van der Waals surface area contributed by atoms with E-state index in [-0.39, 0.29) is 12.5 Å². The first-order valence-electron chi connectivity index (χ1n) is 3.55. The molecule has 0 amide bonds. The van der Waals surface area contributed by atoms with Crippen molar-refractivity contribution in [3.05, 3.63) is 0 Å². The minimum absolute atomic E-state index is 0.0784. The average Bonchev–Trinajstić information content (AvgIpc) is 1.85. The van der Waals surface area contributed by atoms with Gasteiger partial charge in [-0.25, -0.2) is 0 Å². The Labute approximate surface area is 61.2 Å². The molecule has 0 aromatic heterocycles. The highest BCUT2D eigenvalue weighted by Gasteiger charge is 2.13. The summed E-state index contributed by atoms with van der Waals surface area (Å²) >= 11 is 0. The SMILES string of the molecule is CCC(C)[C@@H](N)CC(=O)O. The molecule has 0 aliphatic rings. The van der Waals surface area contributed by atoms with Gasteiger partial charge in [0.05, 0.1) is 6.42 Å². The monoisotopic (exact) mass is 145 g/mol. The van der Waals surface area contributed by atoms with Gasteiger partial charge in [-0.05, 0) is 5.92 Å². The number of hydrogen-bond acceptors (Lipinski definition) is 2. The molecule has 0 saturated heterocycles. The zero-order chi connectivity index (χ0) is 8.15. The maximum Gasteiger partial charge on any atom is 0.304 e. The molecular formula is C7H15NO2. The predicted molar refractivity (Wildman–Crippen MR) is 39.7 cm³/mol. The van der Waals surface area contributed by atoms with Gasteiger partial charge in [-0.1, -0.05) is 20.3 Å². The molecule has 0 aliphatic carbocycles. The van der Waals surface area contributed by atoms with Crippen molar-refractivity contribution in [2.24, 2.45) is 11.7 Å². The van der Waals surface area contributed by atoms with Gasteiger partial charge in [-0.15, -0.1) is 0 Å². The molecule has 0 fully saturated rings. The fourth-order valence-electron chi connectivity index (χ4n) is 0.706. The average molecular weight is 145 g/mol. The smallest absolute Gasteiger partial charge is 0.304 e. The Morgan fingerprint density at radius 3 is 2.50 bits per heavy atom. The van der Waals surface area contributed by atoms with Gasteiger partial charge < -0.3 is 10.8 Å². The van der Waals surface area contributed by atoms with Gasteiger partial charge in [0.1, 0.15) is 0 Å². The fourth-order valence-corrected chi connectivity index (χ4v) is 0.706. The molecule has 3 N–H and O–H groups in total. The van der Waals surface area contributed by atoms with Crippen LogP contribution in [-0.4, -0.2) is 17.1 Å². The molecule has 0 aliphatic heterocycles. The molecule has 3 nitrogen and oxygen atoms in total. The number of aliphatic carboxylic acids is 1. The second-order valence-electron chi connectivity index (χ2n) is 2.65. The van der Waals surface area contributed by atoms with Crippen LogP contribution >= 0.6 is 0 Å². The lowest BCUT2D eigenvalue weighted by Gasteiger charge is -2.15. The maximum absolute atomic E-state index is 10.2. The Morgan fingerprint density at radius 1 is 1.70 bits per heavy atom. The molecule has 0 aromatic rings. The highest BCUT2D eigenvalue weighted by Crippen LogP contribution is 2.07. The van der Waals surface area contributed by atoms with Crippen LogP contribution in [0.3, 0.4) is 0 Å². The highest BCUT2D eigenvalue weighted by molar-refractivity contribution is 5.67. The summed E-state index contributed by atoms with van der Waals surface area (Å²) in [7, 11) is 0. The molecule has 3 heteroatoms. The van der Waals surface area contributed by atoms with Crippen molar-refractivity contribution in [3.8, 4) is 0 Å². The summed E-state index contributed by atoms with van der Waals surface area (Å²) in [6.45, 7) is 3.97. The van der Waals surface area contributed by atoms with Crippen molar-refractivity contribution in [1.29, 1.82) is 0 Å². The number of rotatable bonds is 4. The lowest BCUT2D eigenvalue weighted by Crippen LogP contribution is -2.30. The Balaban J connectivity index is 3.61. The maximum atomic E-state index is 10.2. The molecule has 0 aromatic carbocycles. The first-order valence-corrected chi connectivity index (χ1v) is 3.55. The molecule has 2 atom stereocenters. The van der Waals surface area contributed by atoms with Gasteiger partial charge in [0, 0.05) is 6.04 Å². The van der Waals surface area contributed by atoms with Crippen LogP contribution in [0, 0.1) is 5.92 Å². The van der Waals surface area contributed by atoms with E-state index in [1.165, 1.54) is 0 Å². The molecule has 0 bridgehead atoms. The number of carbonyl (C=O) groups is 1. The fraction of sp³-hybridized carbons (Fsp3) is 0.857. The summed E-state index contributed by atoms with van der Waals surface area (Å²) in [5.41, 5.74) is 5.55. The highest BCUT2D eigenvalue weighted by atomic mass is 16.4. The second kappa shape index (κ2) is 4.28. The lowest BCUT2D eigenvalue weighted by atomic mass is 9.98. The van der Waals surface area contributed by atoms with E-state index in [2.05, 4.69) is 0 Å². The third kappa shape index (κ3) is 3.45. The van der Waals surface area contributed by atoms with Crippen LogP contribution in [0.15, 0.2) is 0 Å². The van der Waals surface area contributed by atoms with Crippen LogP contribution in [0.1, 0.15) is 26.7 Å². The minimum atomic E-state index is -0.812. The Bertz CT molecular complexity index is 114.